The molecule has 9 nitrogen and oxygen atoms in total. The zero-order valence-electron chi connectivity index (χ0n) is 21.9. The Kier molecular flexibility index (Phi) is 8.09. The van der Waals surface area contributed by atoms with Gasteiger partial charge in [0.2, 0.25) is 11.9 Å². The quantitative estimate of drug-likeness (QED) is 0.215. The first-order chi connectivity index (χ1) is 19.2. The van der Waals surface area contributed by atoms with Crippen LogP contribution in [0.15, 0.2) is 89.8 Å². The van der Waals surface area contributed by atoms with Crippen molar-refractivity contribution in [1.29, 1.82) is 0 Å². The average molecular weight is 523 g/mol. The average Bonchev–Trinajstić information content (AvgIpc) is 3.52. The summed E-state index contributed by atoms with van der Waals surface area (Å²) >= 11 is 0. The zero-order chi connectivity index (χ0) is 27.0. The predicted molar refractivity (Wildman–Crippen MR) is 152 cm³/mol. The van der Waals surface area contributed by atoms with Gasteiger partial charge < -0.3 is 24.5 Å². The Morgan fingerprint density at radius 2 is 1.79 bits per heavy atom. The number of ether oxygens (including phenoxy) is 1. The van der Waals surface area contributed by atoms with E-state index >= 15 is 0 Å². The second-order valence-corrected chi connectivity index (χ2v) is 8.81. The highest BCUT2D eigenvalue weighted by Crippen LogP contribution is 2.34. The number of para-hydroxylation sites is 1. The number of nitrogens with one attached hydrogen (secondary N) is 1. The first-order valence-corrected chi connectivity index (χ1v) is 12.8. The summed E-state index contributed by atoms with van der Waals surface area (Å²) in [5.41, 5.74) is 4.49. The number of methoxy groups -OCH3 is 1. The minimum Gasteiger partial charge on any atom is -0.496 e. The first-order valence-electron chi connectivity index (χ1n) is 12.8. The van der Waals surface area contributed by atoms with E-state index in [0.717, 1.165) is 40.9 Å². The molecular formula is C30H30N6O3. The number of nitrogens with zero attached hydrogens (tertiary/aromatic N) is 5. The maximum absolute atomic E-state index is 9.98. The third kappa shape index (κ3) is 5.89. The van der Waals surface area contributed by atoms with Gasteiger partial charge in [-0.3, -0.25) is 0 Å². The van der Waals surface area contributed by atoms with Crippen molar-refractivity contribution in [3.8, 4) is 28.5 Å². The summed E-state index contributed by atoms with van der Waals surface area (Å²) in [5, 5.41) is 13.3. The molecule has 0 atom stereocenters. The number of oxazole rings is 1. The summed E-state index contributed by atoms with van der Waals surface area (Å²) in [6.07, 6.45) is 4.92. The van der Waals surface area contributed by atoms with Crippen molar-refractivity contribution in [2.24, 2.45) is 0 Å². The molecule has 0 saturated carbocycles. The molecule has 2 heterocycles. The highest BCUT2D eigenvalue weighted by Gasteiger charge is 2.19. The van der Waals surface area contributed by atoms with E-state index in [9.17, 15) is 5.11 Å². The van der Waals surface area contributed by atoms with E-state index in [0.29, 0.717) is 35.8 Å². The fraction of sp³-hybridized carbons (Fsp3) is 0.200. The van der Waals surface area contributed by atoms with Gasteiger partial charge in [0.1, 0.15) is 5.75 Å². The van der Waals surface area contributed by atoms with Gasteiger partial charge in [0.15, 0.2) is 18.0 Å². The van der Waals surface area contributed by atoms with E-state index in [1.54, 1.807) is 13.3 Å². The largest absolute Gasteiger partial charge is 0.496 e. The Labute approximate surface area is 227 Å². The van der Waals surface area contributed by atoms with Crippen LogP contribution in [0.5, 0.6) is 5.75 Å². The van der Waals surface area contributed by atoms with Crippen LogP contribution in [-0.2, 0) is 6.42 Å². The molecule has 0 aliphatic rings. The van der Waals surface area contributed by atoms with Crippen LogP contribution in [0.4, 0.5) is 23.3 Å². The topological polar surface area (TPSA) is 109 Å². The Bertz CT molecular complexity index is 1510. The maximum atomic E-state index is 9.98. The van der Waals surface area contributed by atoms with Crippen molar-refractivity contribution < 1.29 is 14.3 Å². The molecule has 0 spiro atoms. The normalized spacial score (nSPS) is 10.8. The van der Waals surface area contributed by atoms with Crippen molar-refractivity contribution in [3.63, 3.8) is 0 Å². The van der Waals surface area contributed by atoms with Gasteiger partial charge in [0.25, 0.3) is 0 Å². The lowest BCUT2D eigenvalue weighted by Gasteiger charge is -2.25. The number of hydrogen-bond acceptors (Lipinski definition) is 9. The van der Waals surface area contributed by atoms with Crippen LogP contribution >= 0.6 is 0 Å². The van der Waals surface area contributed by atoms with Gasteiger partial charge in [-0.1, -0.05) is 61.9 Å². The van der Waals surface area contributed by atoms with E-state index in [-0.39, 0.29) is 6.61 Å². The molecule has 0 aliphatic carbocycles. The zero-order valence-corrected chi connectivity index (χ0v) is 21.9. The highest BCUT2D eigenvalue weighted by molar-refractivity contribution is 5.72. The Morgan fingerprint density at radius 1 is 0.974 bits per heavy atom. The van der Waals surface area contributed by atoms with Gasteiger partial charge in [0, 0.05) is 29.5 Å². The first kappa shape index (κ1) is 25.9. The number of aliphatic hydroxyl groups is 1. The minimum atomic E-state index is -0.0597. The molecule has 5 rings (SSSR count). The molecule has 0 unspecified atom stereocenters. The Balaban J connectivity index is 1.58. The van der Waals surface area contributed by atoms with Crippen molar-refractivity contribution in [2.75, 3.05) is 30.5 Å². The Morgan fingerprint density at radius 3 is 2.54 bits per heavy atom. The van der Waals surface area contributed by atoms with Gasteiger partial charge in [-0.2, -0.15) is 15.0 Å². The number of aromatic nitrogens is 4. The van der Waals surface area contributed by atoms with Gasteiger partial charge in [-0.05, 0) is 30.2 Å². The van der Waals surface area contributed by atoms with Gasteiger partial charge >= 0.3 is 0 Å². The van der Waals surface area contributed by atoms with Crippen molar-refractivity contribution in [2.45, 2.75) is 19.8 Å². The van der Waals surface area contributed by atoms with Crippen LogP contribution in [-0.4, -0.2) is 45.3 Å². The third-order valence-corrected chi connectivity index (χ3v) is 6.18. The van der Waals surface area contributed by atoms with Crippen LogP contribution in [0.25, 0.3) is 22.7 Å². The van der Waals surface area contributed by atoms with Crippen molar-refractivity contribution in [3.05, 3.63) is 91.0 Å². The summed E-state index contributed by atoms with van der Waals surface area (Å²) in [6.45, 7) is 2.42. The fourth-order valence-corrected chi connectivity index (χ4v) is 4.39. The number of anilines is 4. The van der Waals surface area contributed by atoms with Crippen LogP contribution in [0.1, 0.15) is 18.9 Å². The predicted octanol–water partition coefficient (Wildman–Crippen LogP) is 6.03. The molecule has 0 radical (unpaired) electrons. The van der Waals surface area contributed by atoms with Crippen LogP contribution < -0.4 is 15.0 Å². The number of aryl methyl sites for hydroxylation is 1. The van der Waals surface area contributed by atoms with E-state index < -0.39 is 0 Å². The second kappa shape index (κ2) is 12.2. The minimum absolute atomic E-state index is 0.0597. The van der Waals surface area contributed by atoms with E-state index in [1.165, 1.54) is 6.39 Å². The van der Waals surface area contributed by atoms with Crippen molar-refractivity contribution in [1.82, 2.24) is 19.9 Å². The molecular weight excluding hydrogens is 492 g/mol. The molecule has 0 amide bonds. The fourth-order valence-electron chi connectivity index (χ4n) is 4.39. The van der Waals surface area contributed by atoms with Gasteiger partial charge in [-0.15, -0.1) is 0 Å². The molecule has 198 valence electrons. The summed E-state index contributed by atoms with van der Waals surface area (Å²) < 4.78 is 11.1. The van der Waals surface area contributed by atoms with Gasteiger partial charge in [0.05, 0.1) is 25.5 Å². The maximum Gasteiger partial charge on any atom is 0.235 e. The van der Waals surface area contributed by atoms with E-state index in [2.05, 4.69) is 23.3 Å². The molecule has 5 aromatic rings. The highest BCUT2D eigenvalue weighted by atomic mass is 16.5. The molecule has 0 saturated heterocycles. The molecule has 2 aromatic heterocycles. The van der Waals surface area contributed by atoms with Crippen LogP contribution in [0.2, 0.25) is 0 Å². The standard InChI is InChI=1S/C30H30N6O3/c1-3-9-21-10-7-8-13-25(21)36(16-17-37)30-34-28(22-11-5-4-6-12-22)33-29(35-30)32-23-14-15-24(26(18-23)38-2)27-19-31-20-39-27/h4-8,10-15,18-20,37H,3,9,16-17H2,1-2H3,(H,32,33,34,35). The van der Waals surface area contributed by atoms with E-state index in [1.807, 2.05) is 71.6 Å². The third-order valence-electron chi connectivity index (χ3n) is 6.18. The Hall–Kier alpha value is -4.76. The lowest BCUT2D eigenvalue weighted by molar-refractivity contribution is 0.305. The summed E-state index contributed by atoms with van der Waals surface area (Å²) in [4.78, 5) is 20.3. The summed E-state index contributed by atoms with van der Waals surface area (Å²) in [7, 11) is 1.61. The molecule has 9 heteroatoms. The molecule has 39 heavy (non-hydrogen) atoms. The SMILES string of the molecule is CCCc1ccccc1N(CCO)c1nc(Nc2ccc(-c3cnco3)c(OC)c2)nc(-c2ccccc2)n1. The van der Waals surface area contributed by atoms with Crippen LogP contribution in [0, 0.1) is 0 Å². The number of benzene rings is 3. The van der Waals surface area contributed by atoms with Crippen LogP contribution in [0.3, 0.4) is 0 Å². The lowest BCUT2D eigenvalue weighted by atomic mass is 10.1. The summed E-state index contributed by atoms with van der Waals surface area (Å²) in [5.74, 6) is 2.55. The van der Waals surface area contributed by atoms with Crippen molar-refractivity contribution >= 4 is 23.3 Å². The lowest BCUT2D eigenvalue weighted by Crippen LogP contribution is -2.25. The van der Waals surface area contributed by atoms with Gasteiger partial charge in [-0.25, -0.2) is 4.98 Å². The summed E-state index contributed by atoms with van der Waals surface area (Å²) in [6, 6.07) is 23.5. The smallest absolute Gasteiger partial charge is 0.235 e. The number of aliphatic hydroxyl groups excluding tert-OH is 1. The molecule has 0 fully saturated rings. The molecule has 3 aromatic carbocycles. The second-order valence-electron chi connectivity index (χ2n) is 8.81. The molecule has 0 aliphatic heterocycles. The molecule has 2 N–H and O–H groups in total. The number of hydrogen-bond donors (Lipinski definition) is 2. The number of rotatable bonds is 11. The van der Waals surface area contributed by atoms with E-state index in [4.69, 9.17) is 24.1 Å². The molecule has 0 bridgehead atoms. The monoisotopic (exact) mass is 522 g/mol.